The zero-order valence-corrected chi connectivity index (χ0v) is 12.4. The van der Waals surface area contributed by atoms with E-state index in [9.17, 15) is 4.79 Å². The van der Waals surface area contributed by atoms with E-state index in [1.807, 2.05) is 6.07 Å². The number of pyridine rings is 1. The summed E-state index contributed by atoms with van der Waals surface area (Å²) < 4.78 is 2.19. The fourth-order valence-electron chi connectivity index (χ4n) is 2.66. The van der Waals surface area contributed by atoms with Crippen LogP contribution < -0.4 is 0 Å². The number of carboxylic acids is 1. The lowest BCUT2D eigenvalue weighted by molar-refractivity contribution is -0.133. The van der Waals surface area contributed by atoms with E-state index in [4.69, 9.17) is 5.11 Å². The third-order valence-corrected chi connectivity index (χ3v) is 4.83. The molecule has 2 aromatic heterocycles. The van der Waals surface area contributed by atoms with E-state index in [0.29, 0.717) is 5.92 Å². The van der Waals surface area contributed by atoms with Gasteiger partial charge in [-0.1, -0.05) is 11.8 Å². The molecule has 1 aliphatic carbocycles. The first-order chi connectivity index (χ1) is 9.50. The van der Waals surface area contributed by atoms with Crippen molar-refractivity contribution in [3.8, 4) is 0 Å². The Morgan fingerprint density at radius 2 is 2.30 bits per heavy atom. The number of carboxylic acid groups (broad SMARTS) is 1. The SMILES string of the molecule is CC(C)(C1CC1)n1c(SCC(=O)O)nc2cnccc21. The maximum atomic E-state index is 10.8. The van der Waals surface area contributed by atoms with Crippen molar-refractivity contribution in [2.75, 3.05) is 5.75 Å². The topological polar surface area (TPSA) is 68.0 Å². The van der Waals surface area contributed by atoms with E-state index in [1.54, 1.807) is 12.4 Å². The van der Waals surface area contributed by atoms with Gasteiger partial charge in [0.1, 0.15) is 5.52 Å². The lowest BCUT2D eigenvalue weighted by atomic mass is 9.98. The highest BCUT2D eigenvalue weighted by Gasteiger charge is 2.41. The van der Waals surface area contributed by atoms with Gasteiger partial charge in [-0.05, 0) is 38.7 Å². The van der Waals surface area contributed by atoms with Crippen LogP contribution in [0.5, 0.6) is 0 Å². The first-order valence-corrected chi connectivity index (χ1v) is 7.66. The number of aliphatic carboxylic acids is 1. The van der Waals surface area contributed by atoms with Gasteiger partial charge in [0, 0.05) is 11.7 Å². The van der Waals surface area contributed by atoms with E-state index in [-0.39, 0.29) is 11.3 Å². The molecule has 20 heavy (non-hydrogen) atoms. The van der Waals surface area contributed by atoms with Crippen LogP contribution in [0, 0.1) is 5.92 Å². The number of imidazole rings is 1. The number of hydrogen-bond donors (Lipinski definition) is 1. The van der Waals surface area contributed by atoms with Crippen molar-refractivity contribution in [1.82, 2.24) is 14.5 Å². The molecule has 1 fully saturated rings. The second kappa shape index (κ2) is 4.77. The average Bonchev–Trinajstić information content (AvgIpc) is 3.17. The van der Waals surface area contributed by atoms with Crippen LogP contribution in [0.1, 0.15) is 26.7 Å². The summed E-state index contributed by atoms with van der Waals surface area (Å²) in [6.07, 6.45) is 5.94. The molecule has 0 unspecified atom stereocenters. The highest BCUT2D eigenvalue weighted by Crippen LogP contribution is 2.46. The number of rotatable bonds is 5. The van der Waals surface area contributed by atoms with Crippen LogP contribution in [-0.4, -0.2) is 31.4 Å². The smallest absolute Gasteiger partial charge is 0.313 e. The molecule has 1 aliphatic rings. The molecule has 5 nitrogen and oxygen atoms in total. The third-order valence-electron chi connectivity index (χ3n) is 3.90. The molecule has 0 aromatic carbocycles. The molecule has 0 amide bonds. The van der Waals surface area contributed by atoms with Crippen LogP contribution in [0.2, 0.25) is 0 Å². The maximum absolute atomic E-state index is 10.8. The third kappa shape index (κ3) is 2.28. The van der Waals surface area contributed by atoms with E-state index in [2.05, 4.69) is 28.4 Å². The molecule has 2 heterocycles. The molecule has 0 aliphatic heterocycles. The summed E-state index contributed by atoms with van der Waals surface area (Å²) in [7, 11) is 0. The number of nitrogens with zero attached hydrogens (tertiary/aromatic N) is 3. The molecule has 0 radical (unpaired) electrons. The molecule has 6 heteroatoms. The molecule has 0 spiro atoms. The van der Waals surface area contributed by atoms with Crippen LogP contribution in [0.25, 0.3) is 11.0 Å². The molecule has 0 bridgehead atoms. The van der Waals surface area contributed by atoms with E-state index in [0.717, 1.165) is 16.2 Å². The number of fused-ring (bicyclic) bond motifs is 1. The van der Waals surface area contributed by atoms with Gasteiger partial charge >= 0.3 is 5.97 Å². The van der Waals surface area contributed by atoms with Gasteiger partial charge in [0.15, 0.2) is 5.16 Å². The Morgan fingerprint density at radius 3 is 2.95 bits per heavy atom. The Kier molecular flexibility index (Phi) is 3.20. The molecule has 0 saturated heterocycles. The number of carbonyl (C=O) groups is 1. The Balaban J connectivity index is 2.10. The van der Waals surface area contributed by atoms with Crippen LogP contribution >= 0.6 is 11.8 Å². The zero-order chi connectivity index (χ0) is 14.3. The minimum atomic E-state index is -0.823. The second-order valence-corrected chi connectivity index (χ2v) is 6.65. The van der Waals surface area contributed by atoms with Gasteiger partial charge in [0.25, 0.3) is 0 Å². The second-order valence-electron chi connectivity index (χ2n) is 5.70. The summed E-state index contributed by atoms with van der Waals surface area (Å²) in [5, 5.41) is 9.67. The fraction of sp³-hybridized carbons (Fsp3) is 0.500. The summed E-state index contributed by atoms with van der Waals surface area (Å²) in [5.41, 5.74) is 1.82. The molecule has 0 atom stereocenters. The molecule has 106 valence electrons. The summed E-state index contributed by atoms with van der Waals surface area (Å²) in [6.45, 7) is 4.41. The van der Waals surface area contributed by atoms with Gasteiger partial charge in [-0.15, -0.1) is 0 Å². The Morgan fingerprint density at radius 1 is 1.55 bits per heavy atom. The monoisotopic (exact) mass is 291 g/mol. The van der Waals surface area contributed by atoms with Crippen molar-refractivity contribution in [1.29, 1.82) is 0 Å². The van der Waals surface area contributed by atoms with Gasteiger partial charge in [-0.2, -0.15) is 0 Å². The first-order valence-electron chi connectivity index (χ1n) is 6.67. The summed E-state index contributed by atoms with van der Waals surface area (Å²) in [4.78, 5) is 19.5. The highest BCUT2D eigenvalue weighted by atomic mass is 32.2. The quantitative estimate of drug-likeness (QED) is 0.858. The number of thioether (sulfide) groups is 1. The summed E-state index contributed by atoms with van der Waals surface area (Å²) in [5.74, 6) is -0.162. The molecule has 1 saturated carbocycles. The standard InChI is InChI=1S/C14H17N3O2S/c1-14(2,9-3-4-9)17-11-5-6-15-7-10(11)16-13(17)20-8-12(18)19/h5-7,9H,3-4,8H2,1-2H3,(H,18,19). The van der Waals surface area contributed by atoms with Crippen molar-refractivity contribution in [3.05, 3.63) is 18.5 Å². The highest BCUT2D eigenvalue weighted by molar-refractivity contribution is 7.99. The average molecular weight is 291 g/mol. The van der Waals surface area contributed by atoms with Gasteiger partial charge < -0.3 is 9.67 Å². The normalized spacial score (nSPS) is 15.7. The molecule has 1 N–H and O–H groups in total. The summed E-state index contributed by atoms with van der Waals surface area (Å²) in [6, 6.07) is 1.96. The molecule has 3 rings (SSSR count). The van der Waals surface area contributed by atoms with Crippen molar-refractivity contribution in [2.24, 2.45) is 5.92 Å². The van der Waals surface area contributed by atoms with Crippen LogP contribution in [-0.2, 0) is 10.3 Å². The van der Waals surface area contributed by atoms with Crippen molar-refractivity contribution in [2.45, 2.75) is 37.4 Å². The van der Waals surface area contributed by atoms with E-state index in [1.165, 1.54) is 24.6 Å². The Bertz CT molecular complexity index is 661. The van der Waals surface area contributed by atoms with Crippen molar-refractivity contribution >= 4 is 28.8 Å². The van der Waals surface area contributed by atoms with Gasteiger partial charge in [-0.25, -0.2) is 4.98 Å². The van der Waals surface area contributed by atoms with Crippen molar-refractivity contribution < 1.29 is 9.90 Å². The number of hydrogen-bond acceptors (Lipinski definition) is 4. The Labute approximate surface area is 121 Å². The maximum Gasteiger partial charge on any atom is 0.313 e. The first kappa shape index (κ1) is 13.4. The molecule has 2 aromatic rings. The van der Waals surface area contributed by atoms with Crippen LogP contribution in [0.15, 0.2) is 23.6 Å². The van der Waals surface area contributed by atoms with Gasteiger partial charge in [-0.3, -0.25) is 9.78 Å². The molecular formula is C14H17N3O2S. The van der Waals surface area contributed by atoms with E-state index < -0.39 is 5.97 Å². The summed E-state index contributed by atoms with van der Waals surface area (Å²) >= 11 is 1.28. The lowest BCUT2D eigenvalue weighted by Gasteiger charge is -2.29. The zero-order valence-electron chi connectivity index (χ0n) is 11.5. The Hall–Kier alpha value is -1.56. The largest absolute Gasteiger partial charge is 0.481 e. The predicted molar refractivity (Wildman–Crippen MR) is 77.9 cm³/mol. The number of aromatic nitrogens is 3. The van der Waals surface area contributed by atoms with Crippen LogP contribution in [0.3, 0.4) is 0 Å². The fourth-order valence-corrected chi connectivity index (χ4v) is 3.54. The lowest BCUT2D eigenvalue weighted by Crippen LogP contribution is -2.29. The van der Waals surface area contributed by atoms with Gasteiger partial charge in [0.05, 0.1) is 17.5 Å². The molecular weight excluding hydrogens is 274 g/mol. The van der Waals surface area contributed by atoms with Crippen molar-refractivity contribution in [3.63, 3.8) is 0 Å². The van der Waals surface area contributed by atoms with E-state index >= 15 is 0 Å². The van der Waals surface area contributed by atoms with Gasteiger partial charge in [0.2, 0.25) is 0 Å². The minimum Gasteiger partial charge on any atom is -0.481 e. The predicted octanol–water partition coefficient (Wildman–Crippen LogP) is 2.75. The minimum absolute atomic E-state index is 0.0253. The van der Waals surface area contributed by atoms with Crippen LogP contribution in [0.4, 0.5) is 0 Å².